The maximum atomic E-state index is 15.6. The number of aliphatic hydroxyl groups is 2. The van der Waals surface area contributed by atoms with Crippen LogP contribution >= 0.6 is 0 Å². The number of nitro groups is 1. The lowest BCUT2D eigenvalue weighted by Gasteiger charge is -2.60. The Morgan fingerprint density at radius 1 is 0.905 bits per heavy atom. The molecule has 3 aliphatic rings. The molecule has 1 aliphatic heterocycles. The quantitative estimate of drug-likeness (QED) is 0.0207. The summed E-state index contributed by atoms with van der Waals surface area (Å²) in [6, 6.07) is 41.1. The van der Waals surface area contributed by atoms with Crippen LogP contribution in [0.15, 0.2) is 169 Å². The summed E-state index contributed by atoms with van der Waals surface area (Å²) >= 11 is 0. The Bertz CT molecular complexity index is 3010. The van der Waals surface area contributed by atoms with Gasteiger partial charge < -0.3 is 34.2 Å². The van der Waals surface area contributed by atoms with E-state index in [1.807, 2.05) is 96.8 Å². The number of benzene rings is 5. The second-order valence-corrected chi connectivity index (χ2v) is 19.4. The van der Waals surface area contributed by atoms with Crippen LogP contribution in [0, 0.1) is 34.8 Å². The van der Waals surface area contributed by atoms with Crippen LogP contribution in [0.25, 0.3) is 16.8 Å². The number of carbonyl (C=O) groups excluding carboxylic acids is 1. The number of aromatic nitrogens is 1. The average molecular weight is 997 g/mol. The summed E-state index contributed by atoms with van der Waals surface area (Å²) in [5, 5.41) is 38.8. The number of rotatable bonds is 23. The zero-order valence-corrected chi connectivity index (χ0v) is 41.8. The largest absolute Gasteiger partial charge is 0.487 e. The summed E-state index contributed by atoms with van der Waals surface area (Å²) in [6.07, 6.45) is 11.8. The number of amides is 1. The molecule has 6 atom stereocenters. The molecule has 0 bridgehead atoms. The van der Waals surface area contributed by atoms with Gasteiger partial charge in [-0.25, -0.2) is 0 Å². The third-order valence-corrected chi connectivity index (χ3v) is 14.6. The van der Waals surface area contributed by atoms with Gasteiger partial charge in [0, 0.05) is 61.6 Å². The molecule has 0 saturated heterocycles. The molecule has 2 aliphatic carbocycles. The fourth-order valence-electron chi connectivity index (χ4n) is 11.3. The van der Waals surface area contributed by atoms with E-state index in [2.05, 4.69) is 41.9 Å². The minimum Gasteiger partial charge on any atom is -0.487 e. The molecule has 1 amide bonds. The summed E-state index contributed by atoms with van der Waals surface area (Å²) in [7, 11) is 0. The lowest BCUT2D eigenvalue weighted by Crippen LogP contribution is -2.70. The summed E-state index contributed by atoms with van der Waals surface area (Å²) in [5.41, 5.74) is 6.62. The third-order valence-electron chi connectivity index (χ3n) is 14.6. The van der Waals surface area contributed by atoms with Crippen molar-refractivity contribution >= 4 is 34.2 Å². The predicted octanol–water partition coefficient (Wildman–Crippen LogP) is 11.6. The van der Waals surface area contributed by atoms with Crippen molar-refractivity contribution < 1.29 is 39.0 Å². The van der Waals surface area contributed by atoms with Gasteiger partial charge in [-0.1, -0.05) is 109 Å². The zero-order valence-electron chi connectivity index (χ0n) is 41.8. The van der Waals surface area contributed by atoms with Crippen LogP contribution in [0.4, 0.5) is 5.69 Å². The second kappa shape index (κ2) is 24.1. The van der Waals surface area contributed by atoms with Gasteiger partial charge in [0.15, 0.2) is 0 Å². The van der Waals surface area contributed by atoms with Gasteiger partial charge in [0.1, 0.15) is 30.8 Å². The van der Waals surface area contributed by atoms with Crippen LogP contribution in [0.1, 0.15) is 84.5 Å². The van der Waals surface area contributed by atoms with Crippen molar-refractivity contribution in [2.75, 3.05) is 19.8 Å². The number of non-ortho nitro benzene ring substituents is 1. The Hall–Kier alpha value is -7.45. The number of ether oxygens (including phenoxy) is 3. The average Bonchev–Trinajstić information content (AvgIpc) is 3.42. The number of hydrogen-bond donors (Lipinski definition) is 2. The molecule has 2 heterocycles. The number of nitro benzene ring substituents is 1. The molecule has 13 nitrogen and oxygen atoms in total. The van der Waals surface area contributed by atoms with Gasteiger partial charge in [0.2, 0.25) is 11.7 Å². The number of aryl methyl sites for hydroxylation is 1. The molecule has 1 aromatic heterocycles. The van der Waals surface area contributed by atoms with Crippen molar-refractivity contribution in [3.8, 4) is 11.5 Å². The zero-order chi connectivity index (χ0) is 51.4. The number of carbonyl (C=O) groups is 1. The number of nitrogens with zero attached hydrogens (tertiary/aromatic N) is 4. The summed E-state index contributed by atoms with van der Waals surface area (Å²) in [6.45, 7) is 6.92. The smallest absolute Gasteiger partial charge is 0.269 e. The molecular weight excluding hydrogens is 933 g/mol. The minimum atomic E-state index is -1.53. The summed E-state index contributed by atoms with van der Waals surface area (Å²) < 4.78 is 21.4. The van der Waals surface area contributed by atoms with Gasteiger partial charge in [0.05, 0.1) is 28.9 Å². The SMILES string of the molecule is C=CCOC12Oc3ccc(OCc4cccc(C)n4)cc3C3C(CCCCO)C(CCCCO)C=C(C(=NOCc4ccccc4)CC1N(Cc1cccc4ccccc14)C(=O)C=Cc1ccc([N+](=O)[O-])cc1)C32. The van der Waals surface area contributed by atoms with E-state index in [0.29, 0.717) is 35.6 Å². The molecule has 5 aromatic carbocycles. The standard InChI is InChI=1S/C61H64N4O9/c1-3-35-72-61-57(64(39-47-21-14-20-45-18-7-8-23-51(45)47)58(68)32-27-43-25-28-49(29-26-43)65(69)70)38-55(63-73-40-44-16-5-4-6-17-44)53-36-46(19-9-11-33-66)52(24-10-12-34-67)59(60(53)61)54-37-50(30-31-56(54)74-61)71-41-48-22-13-15-42(2)62-48/h3-8,13-18,20-23,25-32,36-37,46,52,57,59-60,66-67H,1,9-12,19,24,33-35,38-41H2,2H3. The fourth-order valence-corrected chi connectivity index (χ4v) is 11.3. The first-order valence-electron chi connectivity index (χ1n) is 25.7. The van der Waals surface area contributed by atoms with E-state index < -0.39 is 22.7 Å². The van der Waals surface area contributed by atoms with Crippen molar-refractivity contribution in [1.29, 1.82) is 0 Å². The number of oxime groups is 1. The Morgan fingerprint density at radius 2 is 1.66 bits per heavy atom. The van der Waals surface area contributed by atoms with Crippen molar-refractivity contribution in [2.45, 2.75) is 89.4 Å². The maximum absolute atomic E-state index is 15.6. The number of allylic oxidation sites excluding steroid dienone is 1. The summed E-state index contributed by atoms with van der Waals surface area (Å²) in [5.74, 6) is -1.45. The molecule has 0 spiro atoms. The predicted molar refractivity (Wildman–Crippen MR) is 286 cm³/mol. The van der Waals surface area contributed by atoms with Gasteiger partial charge in [-0.05, 0) is 126 Å². The first-order chi connectivity index (χ1) is 36.2. The molecule has 9 rings (SSSR count). The molecule has 13 heteroatoms. The van der Waals surface area contributed by atoms with Crippen LogP contribution in [0.3, 0.4) is 0 Å². The Balaban J connectivity index is 1.25. The molecule has 6 aromatic rings. The van der Waals surface area contributed by atoms with Crippen molar-refractivity contribution in [2.24, 2.45) is 22.9 Å². The molecule has 6 unspecified atom stereocenters. The first-order valence-corrected chi connectivity index (χ1v) is 25.7. The minimum absolute atomic E-state index is 0.00785. The van der Waals surface area contributed by atoms with Crippen molar-refractivity contribution in [3.05, 3.63) is 208 Å². The molecule has 2 N–H and O–H groups in total. The normalized spacial score (nSPS) is 21.3. The topological polar surface area (TPSA) is 166 Å². The van der Waals surface area contributed by atoms with Gasteiger partial charge in [0.25, 0.3) is 5.69 Å². The highest BCUT2D eigenvalue weighted by Gasteiger charge is 2.65. The van der Waals surface area contributed by atoms with E-state index in [-0.39, 0.29) is 75.3 Å². The van der Waals surface area contributed by atoms with E-state index in [4.69, 9.17) is 24.2 Å². The maximum Gasteiger partial charge on any atom is 0.269 e. The van der Waals surface area contributed by atoms with Gasteiger partial charge in [-0.2, -0.15) is 0 Å². The Morgan fingerprint density at radius 3 is 2.43 bits per heavy atom. The number of aliphatic hydroxyl groups excluding tert-OH is 2. The third kappa shape index (κ3) is 11.5. The molecule has 1 fully saturated rings. The lowest BCUT2D eigenvalue weighted by atomic mass is 9.55. The highest BCUT2D eigenvalue weighted by molar-refractivity contribution is 6.03. The molecule has 1 saturated carbocycles. The summed E-state index contributed by atoms with van der Waals surface area (Å²) in [4.78, 5) is 39.5. The van der Waals surface area contributed by atoms with Crippen molar-refractivity contribution in [3.63, 3.8) is 0 Å². The van der Waals surface area contributed by atoms with Gasteiger partial charge >= 0.3 is 0 Å². The molecule has 74 heavy (non-hydrogen) atoms. The van der Waals surface area contributed by atoms with Crippen LogP contribution in [0.2, 0.25) is 0 Å². The first kappa shape index (κ1) is 51.5. The number of fused-ring (bicyclic) bond motifs is 3. The van der Waals surface area contributed by atoms with Crippen LogP contribution in [0.5, 0.6) is 11.5 Å². The molecule has 0 radical (unpaired) electrons. The van der Waals surface area contributed by atoms with Crippen LogP contribution in [-0.4, -0.2) is 68.3 Å². The van der Waals surface area contributed by atoms with E-state index >= 15 is 4.79 Å². The lowest BCUT2D eigenvalue weighted by molar-refractivity contribution is -0.384. The van der Waals surface area contributed by atoms with E-state index in [9.17, 15) is 20.3 Å². The molecular formula is C61H64N4O9. The second-order valence-electron chi connectivity index (χ2n) is 19.4. The number of unbranched alkanes of at least 4 members (excludes halogenated alkanes) is 2. The van der Waals surface area contributed by atoms with Crippen LogP contribution < -0.4 is 9.47 Å². The number of pyridine rings is 1. The monoisotopic (exact) mass is 996 g/mol. The fraction of sp³-hybridized carbons (Fsp3) is 0.328. The van der Waals surface area contributed by atoms with Crippen LogP contribution in [-0.2, 0) is 34.1 Å². The van der Waals surface area contributed by atoms with E-state index in [1.54, 1.807) is 24.3 Å². The van der Waals surface area contributed by atoms with E-state index in [1.165, 1.54) is 18.2 Å². The Labute approximate surface area is 432 Å². The molecule has 382 valence electrons. The van der Waals surface area contributed by atoms with Gasteiger partial charge in [-0.15, -0.1) is 6.58 Å². The highest BCUT2D eigenvalue weighted by atomic mass is 16.7. The highest BCUT2D eigenvalue weighted by Crippen LogP contribution is 2.62. The van der Waals surface area contributed by atoms with E-state index in [0.717, 1.165) is 70.1 Å². The van der Waals surface area contributed by atoms with Gasteiger partial charge in [-0.3, -0.25) is 19.9 Å². The Kier molecular flexibility index (Phi) is 16.7. The van der Waals surface area contributed by atoms with Crippen molar-refractivity contribution in [1.82, 2.24) is 9.88 Å². The number of hydrogen-bond acceptors (Lipinski definition) is 11.